The topological polar surface area (TPSA) is 57.0 Å². The first kappa shape index (κ1) is 10.3. The van der Waals surface area contributed by atoms with Gasteiger partial charge >= 0.3 is 0 Å². The molecule has 0 aromatic carbocycles. The molecule has 15 heavy (non-hydrogen) atoms. The van der Waals surface area contributed by atoms with Crippen LogP contribution in [0.2, 0.25) is 5.02 Å². The summed E-state index contributed by atoms with van der Waals surface area (Å²) in [6.07, 6.45) is 3.29. The fraction of sp³-hybridized carbons (Fsp3) is 0.300. The van der Waals surface area contributed by atoms with E-state index in [0.717, 1.165) is 17.0 Å². The van der Waals surface area contributed by atoms with Gasteiger partial charge in [0.1, 0.15) is 5.76 Å². The van der Waals surface area contributed by atoms with Crippen molar-refractivity contribution in [3.05, 3.63) is 40.6 Å². The number of hydrogen-bond acceptors (Lipinski definition) is 3. The lowest BCUT2D eigenvalue weighted by Crippen LogP contribution is -2.02. The van der Waals surface area contributed by atoms with E-state index in [4.69, 9.17) is 21.8 Å². The lowest BCUT2D eigenvalue weighted by Gasteiger charge is -2.00. The Morgan fingerprint density at radius 3 is 2.93 bits per heavy atom. The Hall–Kier alpha value is -1.26. The SMILES string of the molecule is Cc1c(Cl)cnn1Cc1cc(CN)co1. The predicted octanol–water partition coefficient (Wildman–Crippen LogP) is 1.94. The molecule has 2 heterocycles. The van der Waals surface area contributed by atoms with Gasteiger partial charge in [0.05, 0.1) is 29.7 Å². The Kier molecular flexibility index (Phi) is 2.79. The quantitative estimate of drug-likeness (QED) is 0.869. The molecule has 0 bridgehead atoms. The van der Waals surface area contributed by atoms with Crippen molar-refractivity contribution in [2.75, 3.05) is 0 Å². The van der Waals surface area contributed by atoms with Crippen LogP contribution in [0.15, 0.2) is 22.9 Å². The van der Waals surface area contributed by atoms with Gasteiger partial charge in [-0.25, -0.2) is 0 Å². The van der Waals surface area contributed by atoms with Gasteiger partial charge in [-0.1, -0.05) is 11.6 Å². The van der Waals surface area contributed by atoms with E-state index in [2.05, 4.69) is 5.10 Å². The largest absolute Gasteiger partial charge is 0.467 e. The molecule has 0 spiro atoms. The zero-order chi connectivity index (χ0) is 10.8. The normalized spacial score (nSPS) is 10.9. The van der Waals surface area contributed by atoms with Crippen LogP contribution in [0.3, 0.4) is 0 Å². The average Bonchev–Trinajstić information content (AvgIpc) is 2.80. The number of aromatic nitrogens is 2. The van der Waals surface area contributed by atoms with Crippen molar-refractivity contribution < 1.29 is 4.42 Å². The molecule has 4 nitrogen and oxygen atoms in total. The van der Waals surface area contributed by atoms with Crippen molar-refractivity contribution in [1.82, 2.24) is 9.78 Å². The number of nitrogens with zero attached hydrogens (tertiary/aromatic N) is 2. The van der Waals surface area contributed by atoms with Crippen LogP contribution in [0.5, 0.6) is 0 Å². The number of rotatable bonds is 3. The number of halogens is 1. The molecule has 0 atom stereocenters. The first-order chi connectivity index (χ1) is 7.20. The summed E-state index contributed by atoms with van der Waals surface area (Å²) in [5.41, 5.74) is 7.41. The van der Waals surface area contributed by atoms with Gasteiger partial charge in [-0.05, 0) is 13.0 Å². The van der Waals surface area contributed by atoms with Crippen LogP contribution in [0.1, 0.15) is 17.0 Å². The van der Waals surface area contributed by atoms with Crippen molar-refractivity contribution in [2.45, 2.75) is 20.0 Å². The molecule has 0 radical (unpaired) electrons. The third-order valence-electron chi connectivity index (χ3n) is 2.29. The van der Waals surface area contributed by atoms with Gasteiger partial charge in [0, 0.05) is 12.1 Å². The Bertz CT molecular complexity index is 461. The molecule has 0 aliphatic heterocycles. The minimum absolute atomic E-state index is 0.488. The van der Waals surface area contributed by atoms with E-state index in [1.165, 1.54) is 0 Å². The Morgan fingerprint density at radius 2 is 2.40 bits per heavy atom. The summed E-state index contributed by atoms with van der Waals surface area (Å²) in [6, 6.07) is 1.93. The highest BCUT2D eigenvalue weighted by Crippen LogP contribution is 2.15. The van der Waals surface area contributed by atoms with Gasteiger partial charge in [-0.15, -0.1) is 0 Å². The van der Waals surface area contributed by atoms with Gasteiger partial charge in [-0.2, -0.15) is 5.10 Å². The van der Waals surface area contributed by atoms with Crippen LogP contribution < -0.4 is 5.73 Å². The van der Waals surface area contributed by atoms with Crippen LogP contribution >= 0.6 is 11.6 Å². The molecule has 2 rings (SSSR count). The summed E-state index contributed by atoms with van der Waals surface area (Å²) >= 11 is 5.89. The van der Waals surface area contributed by atoms with E-state index in [1.54, 1.807) is 17.1 Å². The van der Waals surface area contributed by atoms with Crippen molar-refractivity contribution >= 4 is 11.6 Å². The molecule has 5 heteroatoms. The van der Waals surface area contributed by atoms with E-state index < -0.39 is 0 Å². The lowest BCUT2D eigenvalue weighted by atomic mass is 10.3. The first-order valence-corrected chi connectivity index (χ1v) is 5.02. The molecular formula is C10H12ClN3O. The molecule has 2 aromatic rings. The summed E-state index contributed by atoms with van der Waals surface area (Å²) < 4.78 is 7.13. The predicted molar refractivity (Wildman–Crippen MR) is 57.7 cm³/mol. The summed E-state index contributed by atoms with van der Waals surface area (Å²) in [5, 5.41) is 4.81. The van der Waals surface area contributed by atoms with Crippen LogP contribution in [0.4, 0.5) is 0 Å². The highest BCUT2D eigenvalue weighted by molar-refractivity contribution is 6.31. The number of furan rings is 1. The minimum Gasteiger partial charge on any atom is -0.467 e. The maximum Gasteiger partial charge on any atom is 0.125 e. The maximum atomic E-state index is 5.89. The Labute approximate surface area is 92.6 Å². The molecule has 0 saturated heterocycles. The minimum atomic E-state index is 0.488. The lowest BCUT2D eigenvalue weighted by molar-refractivity contribution is 0.475. The van der Waals surface area contributed by atoms with Crippen LogP contribution in [-0.4, -0.2) is 9.78 Å². The Morgan fingerprint density at radius 1 is 1.60 bits per heavy atom. The zero-order valence-corrected chi connectivity index (χ0v) is 9.16. The van der Waals surface area contributed by atoms with E-state index in [-0.39, 0.29) is 0 Å². The zero-order valence-electron chi connectivity index (χ0n) is 8.40. The fourth-order valence-electron chi connectivity index (χ4n) is 1.35. The molecule has 2 aromatic heterocycles. The van der Waals surface area contributed by atoms with Crippen molar-refractivity contribution in [2.24, 2.45) is 5.73 Å². The average molecular weight is 226 g/mol. The maximum absolute atomic E-state index is 5.89. The second-order valence-electron chi connectivity index (χ2n) is 3.36. The molecule has 0 unspecified atom stereocenters. The van der Waals surface area contributed by atoms with E-state index in [9.17, 15) is 0 Å². The van der Waals surface area contributed by atoms with Crippen molar-refractivity contribution in [1.29, 1.82) is 0 Å². The molecule has 80 valence electrons. The smallest absolute Gasteiger partial charge is 0.125 e. The molecule has 0 amide bonds. The number of hydrogen-bond donors (Lipinski definition) is 1. The summed E-state index contributed by atoms with van der Waals surface area (Å²) in [7, 11) is 0. The molecule has 0 aliphatic carbocycles. The second kappa shape index (κ2) is 4.08. The van der Waals surface area contributed by atoms with E-state index in [0.29, 0.717) is 18.1 Å². The van der Waals surface area contributed by atoms with Crippen LogP contribution in [0.25, 0.3) is 0 Å². The Balaban J connectivity index is 2.18. The number of nitrogens with two attached hydrogens (primary N) is 1. The standard InChI is InChI=1S/C10H12ClN3O/c1-7-10(11)4-13-14(7)5-9-2-8(3-12)6-15-9/h2,4,6H,3,5,12H2,1H3. The third kappa shape index (κ3) is 2.06. The molecule has 0 saturated carbocycles. The van der Waals surface area contributed by atoms with Crippen LogP contribution in [0, 0.1) is 6.92 Å². The van der Waals surface area contributed by atoms with Crippen molar-refractivity contribution in [3.8, 4) is 0 Å². The molecule has 0 fully saturated rings. The molecular weight excluding hydrogens is 214 g/mol. The fourth-order valence-corrected chi connectivity index (χ4v) is 1.49. The summed E-state index contributed by atoms with van der Waals surface area (Å²) in [6.45, 7) is 2.99. The van der Waals surface area contributed by atoms with Gasteiger partial charge < -0.3 is 10.2 Å². The van der Waals surface area contributed by atoms with Crippen LogP contribution in [-0.2, 0) is 13.1 Å². The molecule has 0 aliphatic rings. The summed E-state index contributed by atoms with van der Waals surface area (Å²) in [5.74, 6) is 0.832. The molecule has 2 N–H and O–H groups in total. The summed E-state index contributed by atoms with van der Waals surface area (Å²) in [4.78, 5) is 0. The van der Waals surface area contributed by atoms with E-state index in [1.807, 2.05) is 13.0 Å². The van der Waals surface area contributed by atoms with E-state index >= 15 is 0 Å². The highest BCUT2D eigenvalue weighted by Gasteiger charge is 2.07. The highest BCUT2D eigenvalue weighted by atomic mass is 35.5. The van der Waals surface area contributed by atoms with Crippen molar-refractivity contribution in [3.63, 3.8) is 0 Å². The third-order valence-corrected chi connectivity index (χ3v) is 2.66. The second-order valence-corrected chi connectivity index (χ2v) is 3.77. The van der Waals surface area contributed by atoms with Gasteiger partial charge in [-0.3, -0.25) is 4.68 Å². The first-order valence-electron chi connectivity index (χ1n) is 4.65. The monoisotopic (exact) mass is 225 g/mol. The van der Waals surface area contributed by atoms with Gasteiger partial charge in [0.15, 0.2) is 0 Å². The van der Waals surface area contributed by atoms with Gasteiger partial charge in [0.25, 0.3) is 0 Å². The van der Waals surface area contributed by atoms with Gasteiger partial charge in [0.2, 0.25) is 0 Å².